The average Bonchev–Trinajstić information content (AvgIpc) is 2.70. The van der Waals surface area contributed by atoms with Crippen LogP contribution in [0.2, 0.25) is 0 Å². The molecule has 0 aliphatic rings. The van der Waals surface area contributed by atoms with Crippen molar-refractivity contribution in [3.05, 3.63) is 14.7 Å². The van der Waals surface area contributed by atoms with Crippen molar-refractivity contribution >= 4 is 37.3 Å². The van der Waals surface area contributed by atoms with Gasteiger partial charge in [-0.15, -0.1) is 11.3 Å². The molecule has 0 saturated carbocycles. The molecule has 5 nitrogen and oxygen atoms in total. The third-order valence-electron chi connectivity index (χ3n) is 2.74. The van der Waals surface area contributed by atoms with Gasteiger partial charge in [-0.1, -0.05) is 0 Å². The number of rotatable bonds is 7. The standard InChI is InChI=1S/C11H19BrN2O3S2/c1-8(7-17-4)14(3)19(15,16)10-5-9(6-13-2)18-11(10)12/h5,8,13H,6-7H2,1-4H3. The first-order valence-electron chi connectivity index (χ1n) is 5.74. The van der Waals surface area contributed by atoms with Crippen LogP contribution in [-0.2, 0) is 21.3 Å². The van der Waals surface area contributed by atoms with Crippen molar-refractivity contribution in [1.82, 2.24) is 9.62 Å². The van der Waals surface area contributed by atoms with Crippen LogP contribution in [0.4, 0.5) is 0 Å². The molecule has 110 valence electrons. The molecule has 0 aliphatic heterocycles. The molecule has 1 unspecified atom stereocenters. The smallest absolute Gasteiger partial charge is 0.245 e. The van der Waals surface area contributed by atoms with E-state index in [1.165, 1.54) is 15.6 Å². The molecule has 8 heteroatoms. The van der Waals surface area contributed by atoms with Crippen LogP contribution in [0, 0.1) is 0 Å². The summed E-state index contributed by atoms with van der Waals surface area (Å²) in [5.41, 5.74) is 0. The van der Waals surface area contributed by atoms with E-state index in [9.17, 15) is 8.42 Å². The number of nitrogens with zero attached hydrogens (tertiary/aromatic N) is 1. The summed E-state index contributed by atoms with van der Waals surface area (Å²) in [7, 11) is 1.46. The van der Waals surface area contributed by atoms with E-state index >= 15 is 0 Å². The Morgan fingerprint density at radius 1 is 1.58 bits per heavy atom. The second kappa shape index (κ2) is 7.14. The summed E-state index contributed by atoms with van der Waals surface area (Å²) in [5, 5.41) is 3.01. The Morgan fingerprint density at radius 2 is 2.21 bits per heavy atom. The fraction of sp³-hybridized carbons (Fsp3) is 0.636. The predicted octanol–water partition coefficient (Wildman–Crippen LogP) is 1.89. The predicted molar refractivity (Wildman–Crippen MR) is 81.1 cm³/mol. The number of ether oxygens (including phenoxy) is 1. The van der Waals surface area contributed by atoms with Crippen LogP contribution >= 0.6 is 27.3 Å². The lowest BCUT2D eigenvalue weighted by atomic mass is 10.4. The number of thiophene rings is 1. The summed E-state index contributed by atoms with van der Waals surface area (Å²) < 4.78 is 32.0. The highest BCUT2D eigenvalue weighted by atomic mass is 79.9. The van der Waals surface area contributed by atoms with Crippen molar-refractivity contribution in [3.8, 4) is 0 Å². The summed E-state index contributed by atoms with van der Waals surface area (Å²) in [6.45, 7) is 2.83. The number of hydrogen-bond donors (Lipinski definition) is 1. The summed E-state index contributed by atoms with van der Waals surface area (Å²) in [5.74, 6) is 0. The molecule has 0 aliphatic carbocycles. The molecule has 0 saturated heterocycles. The number of sulfonamides is 1. The molecule has 1 N–H and O–H groups in total. The zero-order valence-corrected chi connectivity index (χ0v) is 14.7. The molecule has 1 heterocycles. The topological polar surface area (TPSA) is 58.6 Å². The summed E-state index contributed by atoms with van der Waals surface area (Å²) in [4.78, 5) is 1.29. The second-order valence-electron chi connectivity index (χ2n) is 4.21. The molecule has 1 atom stereocenters. The van der Waals surface area contributed by atoms with Crippen LogP contribution in [0.25, 0.3) is 0 Å². The number of halogens is 1. The molecule has 1 rings (SSSR count). The van der Waals surface area contributed by atoms with Crippen LogP contribution in [-0.4, -0.2) is 46.6 Å². The molecule has 0 fully saturated rings. The highest BCUT2D eigenvalue weighted by Gasteiger charge is 2.28. The first kappa shape index (κ1) is 17.1. The van der Waals surface area contributed by atoms with E-state index in [1.807, 2.05) is 14.0 Å². The normalized spacial score (nSPS) is 14.0. The van der Waals surface area contributed by atoms with Gasteiger partial charge >= 0.3 is 0 Å². The number of nitrogens with one attached hydrogen (secondary N) is 1. The van der Waals surface area contributed by atoms with E-state index in [0.29, 0.717) is 21.8 Å². The molecule has 19 heavy (non-hydrogen) atoms. The summed E-state index contributed by atoms with van der Waals surface area (Å²) >= 11 is 4.76. The number of likely N-dealkylation sites (N-methyl/N-ethyl adjacent to an activating group) is 1. The van der Waals surface area contributed by atoms with Crippen molar-refractivity contribution in [2.24, 2.45) is 0 Å². The molecular formula is C11H19BrN2O3S2. The van der Waals surface area contributed by atoms with Crippen molar-refractivity contribution in [2.45, 2.75) is 24.4 Å². The van der Waals surface area contributed by atoms with Crippen LogP contribution in [0.3, 0.4) is 0 Å². The molecule has 1 aromatic heterocycles. The maximum atomic E-state index is 12.5. The monoisotopic (exact) mass is 370 g/mol. The minimum atomic E-state index is -3.50. The molecule has 0 radical (unpaired) electrons. The van der Waals surface area contributed by atoms with Gasteiger partial charge in [0, 0.05) is 31.6 Å². The van der Waals surface area contributed by atoms with E-state index in [4.69, 9.17) is 4.74 Å². The number of hydrogen-bond acceptors (Lipinski definition) is 5. The van der Waals surface area contributed by atoms with Crippen LogP contribution in [0.15, 0.2) is 14.7 Å². The minimum absolute atomic E-state index is 0.213. The van der Waals surface area contributed by atoms with E-state index < -0.39 is 10.0 Å². The first-order valence-corrected chi connectivity index (χ1v) is 8.79. The lowest BCUT2D eigenvalue weighted by Gasteiger charge is -2.23. The zero-order valence-electron chi connectivity index (χ0n) is 11.4. The lowest BCUT2D eigenvalue weighted by Crippen LogP contribution is -2.37. The molecule has 0 bridgehead atoms. The third-order valence-corrected chi connectivity index (χ3v) is 6.97. The Bertz CT molecular complexity index is 516. The zero-order chi connectivity index (χ0) is 14.6. The van der Waals surface area contributed by atoms with E-state index in [2.05, 4.69) is 21.2 Å². The molecular weight excluding hydrogens is 352 g/mol. The van der Waals surface area contributed by atoms with E-state index in [-0.39, 0.29) is 6.04 Å². The maximum Gasteiger partial charge on any atom is 0.245 e. The van der Waals surface area contributed by atoms with Crippen molar-refractivity contribution in [3.63, 3.8) is 0 Å². The Kier molecular flexibility index (Phi) is 6.41. The van der Waals surface area contributed by atoms with Gasteiger partial charge in [-0.3, -0.25) is 0 Å². The van der Waals surface area contributed by atoms with Gasteiger partial charge in [0.1, 0.15) is 4.90 Å². The van der Waals surface area contributed by atoms with Crippen molar-refractivity contribution < 1.29 is 13.2 Å². The van der Waals surface area contributed by atoms with E-state index in [0.717, 1.165) is 4.88 Å². The Morgan fingerprint density at radius 3 is 2.74 bits per heavy atom. The molecule has 0 spiro atoms. The van der Waals surface area contributed by atoms with Crippen molar-refractivity contribution in [1.29, 1.82) is 0 Å². The van der Waals surface area contributed by atoms with Gasteiger partial charge in [-0.05, 0) is 36.0 Å². The fourth-order valence-corrected chi connectivity index (χ4v) is 5.56. The van der Waals surface area contributed by atoms with Gasteiger partial charge in [0.05, 0.1) is 10.4 Å². The van der Waals surface area contributed by atoms with Crippen molar-refractivity contribution in [2.75, 3.05) is 27.8 Å². The average molecular weight is 371 g/mol. The fourth-order valence-electron chi connectivity index (χ4n) is 1.57. The first-order chi connectivity index (χ1) is 8.84. The quantitative estimate of drug-likeness (QED) is 0.795. The molecule has 0 aromatic carbocycles. The van der Waals surface area contributed by atoms with Gasteiger partial charge in [-0.25, -0.2) is 8.42 Å². The highest BCUT2D eigenvalue weighted by Crippen LogP contribution is 2.33. The summed E-state index contributed by atoms with van der Waals surface area (Å²) in [6.07, 6.45) is 0. The van der Waals surface area contributed by atoms with Gasteiger partial charge in [0.2, 0.25) is 10.0 Å². The minimum Gasteiger partial charge on any atom is -0.383 e. The number of methoxy groups -OCH3 is 1. The van der Waals surface area contributed by atoms with Crippen LogP contribution in [0.5, 0.6) is 0 Å². The Balaban J connectivity index is 3.05. The second-order valence-corrected chi connectivity index (χ2v) is 8.63. The van der Waals surface area contributed by atoms with Gasteiger partial charge in [0.25, 0.3) is 0 Å². The SMILES string of the molecule is CNCc1cc(S(=O)(=O)N(C)C(C)COC)c(Br)s1. The van der Waals surface area contributed by atoms with Gasteiger partial charge < -0.3 is 10.1 Å². The van der Waals surface area contributed by atoms with Crippen LogP contribution < -0.4 is 5.32 Å². The van der Waals surface area contributed by atoms with Gasteiger partial charge in [-0.2, -0.15) is 4.31 Å². The van der Waals surface area contributed by atoms with Gasteiger partial charge in [0.15, 0.2) is 0 Å². The molecule has 1 aromatic rings. The Labute approximate surface area is 127 Å². The lowest BCUT2D eigenvalue weighted by molar-refractivity contribution is 0.149. The highest BCUT2D eigenvalue weighted by molar-refractivity contribution is 9.11. The molecule has 0 amide bonds. The Hall–Kier alpha value is 0.01000. The van der Waals surface area contributed by atoms with Crippen LogP contribution in [0.1, 0.15) is 11.8 Å². The largest absolute Gasteiger partial charge is 0.383 e. The maximum absolute atomic E-state index is 12.5. The third kappa shape index (κ3) is 3.99. The summed E-state index contributed by atoms with van der Waals surface area (Å²) in [6, 6.07) is 1.49. The van der Waals surface area contributed by atoms with E-state index in [1.54, 1.807) is 20.2 Å².